The third-order valence-electron chi connectivity index (χ3n) is 12.3. The zero-order valence-corrected chi connectivity index (χ0v) is 44.8. The minimum atomic E-state index is -4.23. The molecule has 0 saturated carbocycles. The van der Waals surface area contributed by atoms with Gasteiger partial charge in [0.25, 0.3) is 11.8 Å². The number of benzene rings is 3. The Kier molecular flexibility index (Phi) is 22.7. The van der Waals surface area contributed by atoms with Gasteiger partial charge in [-0.15, -0.1) is 0 Å². The van der Waals surface area contributed by atoms with Gasteiger partial charge in [-0.05, 0) is 91.8 Å². The number of likely N-dealkylation sites (tertiary alicyclic amines) is 1. The van der Waals surface area contributed by atoms with Gasteiger partial charge in [-0.25, -0.2) is 4.98 Å². The summed E-state index contributed by atoms with van der Waals surface area (Å²) in [7, 11) is -4.23. The summed E-state index contributed by atoms with van der Waals surface area (Å²) in [6.45, 7) is 8.58. The Labute approximate surface area is 452 Å². The smallest absolute Gasteiger partial charge is 0.313 e. The van der Waals surface area contributed by atoms with Crippen LogP contribution in [0.15, 0.2) is 107 Å². The van der Waals surface area contributed by atoms with E-state index in [1.807, 2.05) is 58.0 Å². The number of anilines is 1. The van der Waals surface area contributed by atoms with E-state index in [2.05, 4.69) is 57.2 Å². The molecule has 0 unspecified atom stereocenters. The molecule has 1 aliphatic rings. The summed E-state index contributed by atoms with van der Waals surface area (Å²) in [5.74, 6) is -0.406. The Balaban J connectivity index is 1.26. The number of rotatable bonds is 26. The number of amides is 8. The number of hydrogen-bond donors (Lipinski definition) is 10. The molecule has 24 nitrogen and oxygen atoms in total. The second kappa shape index (κ2) is 29.3. The highest BCUT2D eigenvalue weighted by atomic mass is 32.2. The largest absolute Gasteiger partial charge is 0.508 e. The van der Waals surface area contributed by atoms with Gasteiger partial charge in [-0.1, -0.05) is 88.4 Å². The second-order valence-corrected chi connectivity index (χ2v) is 20.9. The topological polar surface area (TPSA) is 351 Å². The lowest BCUT2D eigenvalue weighted by Gasteiger charge is -2.27. The molecule has 1 saturated heterocycles. The number of nitrogens with zero attached hydrogens (tertiary/aromatic N) is 3. The standard InChI is InChI=1S/C53H68N12O12S/c1-32(2)26-41(61-53(74)44-15-11-25-65(44)34(5)66)49(70)56-31-47(68)58-40(23-19-35-12-7-6-8-13-35)50(71)60-43(28-36-17-21-39(67)22-18-36)51(72)59-42(27-33(3)4)52(73)64-63-48(69)38-20-24-46(55-29-38)62-57-30-37-14-9-10-16-45(37)78(75,76)77-54/h6-10,12-14,16-18,20-22,24,29-30,32-33,40-44,67H,11,15,19,23,25-28,31,54H2,1-5H3,(H,55,62)(H,56,70)(H,58,68)(H,59,72)(H,60,71)(H,61,74)(H,63,69)(H,64,73)/t40-,41-,42-,43-,44-/m0/s1. The fourth-order valence-electron chi connectivity index (χ4n) is 8.38. The van der Waals surface area contributed by atoms with E-state index < -0.39 is 88.2 Å². The molecule has 0 radical (unpaired) electrons. The first-order chi connectivity index (χ1) is 37.1. The van der Waals surface area contributed by atoms with E-state index in [0.717, 1.165) is 5.56 Å². The number of hydrazone groups is 1. The number of hydrazine groups is 1. The third-order valence-corrected chi connectivity index (χ3v) is 13.5. The van der Waals surface area contributed by atoms with E-state index in [-0.39, 0.29) is 71.0 Å². The van der Waals surface area contributed by atoms with Gasteiger partial charge < -0.3 is 36.6 Å². The van der Waals surface area contributed by atoms with Crippen molar-refractivity contribution in [3.63, 3.8) is 0 Å². The van der Waals surface area contributed by atoms with Gasteiger partial charge in [-0.3, -0.25) is 54.6 Å². The molecule has 2 heterocycles. The molecule has 0 bridgehead atoms. The van der Waals surface area contributed by atoms with Gasteiger partial charge in [0.15, 0.2) is 0 Å². The quantitative estimate of drug-likeness (QED) is 0.0315. The molecule has 1 aliphatic heterocycles. The summed E-state index contributed by atoms with van der Waals surface area (Å²) in [5.41, 5.74) is 8.80. The predicted molar refractivity (Wildman–Crippen MR) is 287 cm³/mol. The Morgan fingerprint density at radius 1 is 0.756 bits per heavy atom. The van der Waals surface area contributed by atoms with E-state index >= 15 is 0 Å². The van der Waals surface area contributed by atoms with Crippen LogP contribution in [0.2, 0.25) is 0 Å². The predicted octanol–water partition coefficient (Wildman–Crippen LogP) is 1.61. The Bertz CT molecular complexity index is 2870. The number of aromatic hydroxyl groups is 1. The van der Waals surface area contributed by atoms with Gasteiger partial charge >= 0.3 is 10.1 Å². The zero-order valence-electron chi connectivity index (χ0n) is 44.0. The molecule has 1 aromatic heterocycles. The summed E-state index contributed by atoms with van der Waals surface area (Å²) >= 11 is 0. The molecule has 3 aromatic carbocycles. The molecular weight excluding hydrogens is 1030 g/mol. The van der Waals surface area contributed by atoms with Crippen molar-refractivity contribution in [1.82, 2.24) is 47.3 Å². The van der Waals surface area contributed by atoms with Crippen LogP contribution in [-0.4, -0.2) is 120 Å². The number of phenols is 1. The van der Waals surface area contributed by atoms with Crippen LogP contribution < -0.4 is 48.8 Å². The fourth-order valence-corrected chi connectivity index (χ4v) is 9.14. The lowest BCUT2D eigenvalue weighted by atomic mass is 10.00. The summed E-state index contributed by atoms with van der Waals surface area (Å²) in [5, 5.41) is 27.5. The van der Waals surface area contributed by atoms with Crippen LogP contribution in [0, 0.1) is 11.8 Å². The van der Waals surface area contributed by atoms with Crippen LogP contribution in [0.25, 0.3) is 0 Å². The lowest BCUT2D eigenvalue weighted by molar-refractivity contribution is -0.138. The molecule has 0 aliphatic carbocycles. The van der Waals surface area contributed by atoms with Crippen LogP contribution in [0.5, 0.6) is 5.75 Å². The normalized spacial score (nSPS) is 14.9. The van der Waals surface area contributed by atoms with E-state index in [0.29, 0.717) is 31.4 Å². The number of hydrogen-bond acceptors (Lipinski definition) is 16. The second-order valence-electron chi connectivity index (χ2n) is 19.4. The molecule has 1 fully saturated rings. The number of nitrogens with one attached hydrogen (secondary N) is 8. The first-order valence-electron chi connectivity index (χ1n) is 25.3. The summed E-state index contributed by atoms with van der Waals surface area (Å²) in [6.07, 6.45) is 4.04. The van der Waals surface area contributed by atoms with E-state index in [1.165, 1.54) is 66.7 Å². The minimum absolute atomic E-state index is 0.0143. The maximum Gasteiger partial charge on any atom is 0.313 e. The maximum atomic E-state index is 14.4. The minimum Gasteiger partial charge on any atom is -0.508 e. The van der Waals surface area contributed by atoms with Crippen LogP contribution in [0.1, 0.15) is 93.8 Å². The fraction of sp³-hybridized carbons (Fsp3) is 0.396. The highest BCUT2D eigenvalue weighted by Gasteiger charge is 2.35. The number of aromatic nitrogens is 1. The van der Waals surface area contributed by atoms with Crippen LogP contribution in [0.3, 0.4) is 0 Å². The summed E-state index contributed by atoms with van der Waals surface area (Å²) < 4.78 is 28.4. The Morgan fingerprint density at radius 3 is 2.04 bits per heavy atom. The van der Waals surface area contributed by atoms with Gasteiger partial charge in [0.05, 0.1) is 18.3 Å². The number of carbonyl (C=O) groups is 8. The molecule has 5 rings (SSSR count). The first-order valence-corrected chi connectivity index (χ1v) is 26.7. The van der Waals surface area contributed by atoms with Crippen molar-refractivity contribution in [2.45, 2.75) is 115 Å². The molecular formula is C53H68N12O12S. The van der Waals surface area contributed by atoms with Crippen molar-refractivity contribution in [3.05, 3.63) is 119 Å². The number of carbonyl (C=O) groups excluding carboxylic acids is 8. The number of pyridine rings is 1. The van der Waals surface area contributed by atoms with Crippen molar-refractivity contribution >= 4 is 69.4 Å². The first kappa shape index (κ1) is 60.6. The Morgan fingerprint density at radius 2 is 1.40 bits per heavy atom. The van der Waals surface area contributed by atoms with Crippen LogP contribution in [-0.2, 0) is 60.8 Å². The van der Waals surface area contributed by atoms with Gasteiger partial charge in [0.1, 0.15) is 46.7 Å². The number of aryl methyl sites for hydroxylation is 1. The van der Waals surface area contributed by atoms with Crippen molar-refractivity contribution < 1.29 is 56.2 Å². The molecule has 25 heteroatoms. The van der Waals surface area contributed by atoms with Crippen molar-refractivity contribution in [3.8, 4) is 5.75 Å². The van der Waals surface area contributed by atoms with Crippen LogP contribution >= 0.6 is 0 Å². The third kappa shape index (κ3) is 18.8. The van der Waals surface area contributed by atoms with Crippen LogP contribution in [0.4, 0.5) is 5.82 Å². The SMILES string of the molecule is CC(=O)N1CCC[C@H]1C(=O)N[C@@H](CC(C)C)C(=O)NCC(=O)N[C@@H](CCc1ccccc1)C(=O)N[C@@H](Cc1ccc(O)cc1)C(=O)N[C@@H](CC(C)C)C(=O)NNC(=O)c1ccc(NN=Cc2ccccc2S(=O)(=O)ON)nc1. The monoisotopic (exact) mass is 1100 g/mol. The van der Waals surface area contributed by atoms with Crippen molar-refractivity contribution in [2.75, 3.05) is 18.5 Å². The van der Waals surface area contributed by atoms with Gasteiger partial charge in [-0.2, -0.15) is 23.7 Å². The molecule has 5 atom stereocenters. The number of nitrogens with two attached hydrogens (primary N) is 1. The average molecular weight is 1100 g/mol. The molecule has 418 valence electrons. The average Bonchev–Trinajstić information content (AvgIpc) is 3.92. The van der Waals surface area contributed by atoms with E-state index in [1.54, 1.807) is 18.2 Å². The summed E-state index contributed by atoms with van der Waals surface area (Å²) in [4.78, 5) is 114. The highest BCUT2D eigenvalue weighted by molar-refractivity contribution is 7.86. The number of phenolic OH excluding ortho intramolecular Hbond substituents is 1. The van der Waals surface area contributed by atoms with Crippen molar-refractivity contribution in [1.29, 1.82) is 0 Å². The molecule has 78 heavy (non-hydrogen) atoms. The molecule has 4 aromatic rings. The maximum absolute atomic E-state index is 14.4. The van der Waals surface area contributed by atoms with Gasteiger partial charge in [0.2, 0.25) is 35.4 Å². The highest BCUT2D eigenvalue weighted by Crippen LogP contribution is 2.19. The molecule has 0 spiro atoms. The lowest BCUT2D eigenvalue weighted by Crippen LogP contribution is -2.59. The molecule has 8 amide bonds. The Hall–Kier alpha value is -8.29. The van der Waals surface area contributed by atoms with E-state index in [9.17, 15) is 51.9 Å². The van der Waals surface area contributed by atoms with E-state index in [4.69, 9.17) is 5.90 Å². The van der Waals surface area contributed by atoms with Crippen molar-refractivity contribution in [2.24, 2.45) is 22.8 Å². The molecule has 11 N–H and O–H groups in total. The van der Waals surface area contributed by atoms with Gasteiger partial charge in [0, 0.05) is 31.6 Å². The summed E-state index contributed by atoms with van der Waals surface area (Å²) in [6, 6.07) is 18.0. The zero-order chi connectivity index (χ0) is 56.9.